The van der Waals surface area contributed by atoms with Crippen LogP contribution in [-0.2, 0) is 14.8 Å². The number of nitrogens with one attached hydrogen (secondary N) is 2. The summed E-state index contributed by atoms with van der Waals surface area (Å²) in [5, 5.41) is 3.29. The number of carbonyl (C=O) groups excluding carboxylic acids is 1. The predicted octanol–water partition coefficient (Wildman–Crippen LogP) is 3.77. The monoisotopic (exact) mass is 406 g/mol. The van der Waals surface area contributed by atoms with E-state index in [4.69, 9.17) is 0 Å². The van der Waals surface area contributed by atoms with Crippen molar-refractivity contribution >= 4 is 15.9 Å². The highest BCUT2D eigenvalue weighted by Gasteiger charge is 2.30. The number of hydrogen-bond donors (Lipinski definition) is 2. The summed E-state index contributed by atoms with van der Waals surface area (Å²) in [4.78, 5) is 12.9. The first-order valence-electron chi connectivity index (χ1n) is 10.7. The maximum absolute atomic E-state index is 12.6. The van der Waals surface area contributed by atoms with Crippen LogP contribution < -0.4 is 10.0 Å². The summed E-state index contributed by atoms with van der Waals surface area (Å²) >= 11 is 0. The van der Waals surface area contributed by atoms with Gasteiger partial charge in [-0.05, 0) is 69.4 Å². The fraction of sp³-hybridized carbons (Fsp3) is 0.682. The van der Waals surface area contributed by atoms with Crippen molar-refractivity contribution < 1.29 is 13.2 Å². The second-order valence-electron chi connectivity index (χ2n) is 8.76. The summed E-state index contributed by atoms with van der Waals surface area (Å²) in [6, 6.07) is 7.24. The predicted molar refractivity (Wildman–Crippen MR) is 111 cm³/mol. The van der Waals surface area contributed by atoms with E-state index in [1.54, 1.807) is 12.1 Å². The highest BCUT2D eigenvalue weighted by atomic mass is 32.2. The highest BCUT2D eigenvalue weighted by molar-refractivity contribution is 7.89. The van der Waals surface area contributed by atoms with E-state index in [2.05, 4.69) is 17.0 Å². The topological polar surface area (TPSA) is 75.3 Å². The lowest BCUT2D eigenvalue weighted by Crippen LogP contribution is -2.44. The van der Waals surface area contributed by atoms with E-state index >= 15 is 0 Å². The van der Waals surface area contributed by atoms with Gasteiger partial charge in [-0.3, -0.25) is 4.79 Å². The second kappa shape index (κ2) is 9.40. The van der Waals surface area contributed by atoms with Crippen LogP contribution in [0, 0.1) is 24.7 Å². The quantitative estimate of drug-likeness (QED) is 0.755. The maximum atomic E-state index is 12.6. The van der Waals surface area contributed by atoms with Gasteiger partial charge in [0.05, 0.1) is 4.90 Å². The molecule has 1 aromatic rings. The van der Waals surface area contributed by atoms with Crippen molar-refractivity contribution in [2.24, 2.45) is 17.8 Å². The zero-order valence-electron chi connectivity index (χ0n) is 17.1. The Labute approximate surface area is 169 Å². The molecule has 2 aliphatic rings. The summed E-state index contributed by atoms with van der Waals surface area (Å²) in [6.45, 7) is 4.62. The van der Waals surface area contributed by atoms with Crippen LogP contribution in [0.5, 0.6) is 0 Å². The Morgan fingerprint density at radius 3 is 2.29 bits per heavy atom. The third-order valence-corrected chi connectivity index (χ3v) is 7.99. The zero-order chi connectivity index (χ0) is 20.1. The van der Waals surface area contributed by atoms with E-state index in [1.165, 1.54) is 19.3 Å². The van der Waals surface area contributed by atoms with Crippen molar-refractivity contribution in [3.05, 3.63) is 29.8 Å². The van der Waals surface area contributed by atoms with Crippen LogP contribution in [0.3, 0.4) is 0 Å². The molecule has 0 spiro atoms. The molecule has 1 aromatic carbocycles. The molecule has 0 saturated heterocycles. The van der Waals surface area contributed by atoms with E-state index in [-0.39, 0.29) is 11.8 Å². The van der Waals surface area contributed by atoms with Gasteiger partial charge in [-0.1, -0.05) is 37.5 Å². The third-order valence-electron chi connectivity index (χ3n) is 6.55. The van der Waals surface area contributed by atoms with Gasteiger partial charge in [0.25, 0.3) is 0 Å². The summed E-state index contributed by atoms with van der Waals surface area (Å²) in [5.41, 5.74) is 1.04. The van der Waals surface area contributed by atoms with Crippen molar-refractivity contribution in [1.82, 2.24) is 10.0 Å². The summed E-state index contributed by atoms with van der Waals surface area (Å²) in [7, 11) is -3.46. The smallest absolute Gasteiger partial charge is 0.240 e. The lowest BCUT2D eigenvalue weighted by Gasteiger charge is -2.33. The van der Waals surface area contributed by atoms with Gasteiger partial charge in [-0.2, -0.15) is 0 Å². The molecule has 3 rings (SSSR count). The Kier molecular flexibility index (Phi) is 7.15. The molecule has 0 aliphatic heterocycles. The minimum atomic E-state index is -3.46. The van der Waals surface area contributed by atoms with E-state index < -0.39 is 10.0 Å². The molecular formula is C22H34N2O3S. The van der Waals surface area contributed by atoms with E-state index in [9.17, 15) is 13.2 Å². The normalized spacial score (nSPS) is 28.6. The molecular weight excluding hydrogens is 372 g/mol. The molecule has 2 fully saturated rings. The van der Waals surface area contributed by atoms with Crippen molar-refractivity contribution in [2.75, 3.05) is 6.54 Å². The Hall–Kier alpha value is -1.40. The number of rotatable bonds is 6. The molecule has 2 saturated carbocycles. The molecule has 0 unspecified atom stereocenters. The Balaban J connectivity index is 1.43. The maximum Gasteiger partial charge on any atom is 0.240 e. The largest absolute Gasteiger partial charge is 0.353 e. The fourth-order valence-corrected chi connectivity index (χ4v) is 5.60. The molecule has 2 atom stereocenters. The van der Waals surface area contributed by atoms with Gasteiger partial charge in [0.1, 0.15) is 0 Å². The van der Waals surface area contributed by atoms with Gasteiger partial charge >= 0.3 is 0 Å². The minimum Gasteiger partial charge on any atom is -0.353 e. The molecule has 0 aromatic heterocycles. The van der Waals surface area contributed by atoms with Gasteiger partial charge in [0, 0.05) is 18.5 Å². The van der Waals surface area contributed by atoms with Crippen LogP contribution >= 0.6 is 0 Å². The van der Waals surface area contributed by atoms with Gasteiger partial charge < -0.3 is 5.32 Å². The van der Waals surface area contributed by atoms with Gasteiger partial charge in [0.15, 0.2) is 0 Å². The molecule has 2 aliphatic carbocycles. The lowest BCUT2D eigenvalue weighted by atomic mass is 9.80. The molecule has 5 nitrogen and oxygen atoms in total. The number of sulfonamides is 1. The second-order valence-corrected chi connectivity index (χ2v) is 10.5. The molecule has 0 bridgehead atoms. The van der Waals surface area contributed by atoms with Crippen LogP contribution in [0.25, 0.3) is 0 Å². The molecule has 28 heavy (non-hydrogen) atoms. The van der Waals surface area contributed by atoms with Gasteiger partial charge in [-0.25, -0.2) is 13.1 Å². The molecule has 6 heteroatoms. The molecule has 156 valence electrons. The average Bonchev–Trinajstić information content (AvgIpc) is 2.69. The number of carbonyl (C=O) groups is 1. The van der Waals surface area contributed by atoms with Crippen molar-refractivity contribution in [3.63, 3.8) is 0 Å². The molecule has 1 amide bonds. The Morgan fingerprint density at radius 1 is 1.00 bits per heavy atom. The molecule has 0 radical (unpaired) electrons. The number of hydrogen-bond acceptors (Lipinski definition) is 3. The minimum absolute atomic E-state index is 0.0825. The number of benzene rings is 1. The standard InChI is InChI=1S/C22H34N2O3S/c1-16-7-13-20(14-8-16)28(26,27)23-15-18-9-11-19(12-10-18)22(25)24-21-6-4-3-5-17(21)2/h7-8,13-14,17-19,21,23H,3-6,9-12,15H2,1-2H3,(H,24,25)/t17-,18?,19?,21-/m0/s1. The van der Waals surface area contributed by atoms with Crippen molar-refractivity contribution in [1.29, 1.82) is 0 Å². The van der Waals surface area contributed by atoms with Crippen molar-refractivity contribution in [3.8, 4) is 0 Å². The van der Waals surface area contributed by atoms with Crippen LogP contribution in [-0.4, -0.2) is 26.9 Å². The van der Waals surface area contributed by atoms with Crippen molar-refractivity contribution in [2.45, 2.75) is 76.2 Å². The summed E-state index contributed by atoms with van der Waals surface area (Å²) in [5.74, 6) is 1.17. The zero-order valence-corrected chi connectivity index (χ0v) is 17.9. The Bertz CT molecular complexity index is 752. The van der Waals surface area contributed by atoms with E-state index in [0.717, 1.165) is 37.7 Å². The van der Waals surface area contributed by atoms with Crippen LogP contribution in [0.4, 0.5) is 0 Å². The number of aryl methyl sites for hydroxylation is 1. The van der Waals surface area contributed by atoms with E-state index in [0.29, 0.717) is 29.3 Å². The van der Waals surface area contributed by atoms with Gasteiger partial charge in [-0.15, -0.1) is 0 Å². The average molecular weight is 407 g/mol. The lowest BCUT2D eigenvalue weighted by molar-refractivity contribution is -0.127. The summed E-state index contributed by atoms with van der Waals surface area (Å²) in [6.07, 6.45) is 8.29. The highest BCUT2D eigenvalue weighted by Crippen LogP contribution is 2.30. The first kappa shape index (κ1) is 21.3. The van der Waals surface area contributed by atoms with Crippen LogP contribution in [0.15, 0.2) is 29.2 Å². The first-order chi connectivity index (χ1) is 13.3. The van der Waals surface area contributed by atoms with Crippen LogP contribution in [0.1, 0.15) is 63.9 Å². The summed E-state index contributed by atoms with van der Waals surface area (Å²) < 4.78 is 27.6. The Morgan fingerprint density at radius 2 is 1.64 bits per heavy atom. The van der Waals surface area contributed by atoms with Gasteiger partial charge in [0.2, 0.25) is 15.9 Å². The molecule has 0 heterocycles. The fourth-order valence-electron chi connectivity index (χ4n) is 4.49. The first-order valence-corrected chi connectivity index (χ1v) is 12.2. The third kappa shape index (κ3) is 5.57. The SMILES string of the molecule is Cc1ccc(S(=O)(=O)NCC2CCC(C(=O)N[C@H]3CCCC[C@@H]3C)CC2)cc1. The van der Waals surface area contributed by atoms with Crippen LogP contribution in [0.2, 0.25) is 0 Å². The molecule has 2 N–H and O–H groups in total. The van der Waals surface area contributed by atoms with E-state index in [1.807, 2.05) is 19.1 Å². The number of amides is 1.